The zero-order valence-electron chi connectivity index (χ0n) is 8.57. The van der Waals surface area contributed by atoms with Crippen molar-refractivity contribution >= 4 is 11.6 Å². The molecular formula is C11H15N3O. The number of pyridine rings is 1. The molecule has 1 aromatic rings. The lowest BCUT2D eigenvalue weighted by Gasteiger charge is -2.13. The summed E-state index contributed by atoms with van der Waals surface area (Å²) in [6.07, 6.45) is 6.58. The Morgan fingerprint density at radius 2 is 2.20 bits per heavy atom. The predicted molar refractivity (Wildman–Crippen MR) is 58.6 cm³/mol. The van der Waals surface area contributed by atoms with Crippen LogP contribution in [-0.4, -0.2) is 16.9 Å². The van der Waals surface area contributed by atoms with E-state index in [1.807, 2.05) is 6.07 Å². The molecule has 4 nitrogen and oxygen atoms in total. The quantitative estimate of drug-likeness (QED) is 0.786. The third kappa shape index (κ3) is 2.46. The van der Waals surface area contributed by atoms with Gasteiger partial charge in [-0.25, -0.2) is 0 Å². The molecule has 0 saturated heterocycles. The van der Waals surface area contributed by atoms with E-state index in [0.29, 0.717) is 11.7 Å². The summed E-state index contributed by atoms with van der Waals surface area (Å²) in [6.45, 7) is 0. The third-order valence-corrected chi connectivity index (χ3v) is 2.74. The summed E-state index contributed by atoms with van der Waals surface area (Å²) in [5.74, 6) is -0.481. The Hall–Kier alpha value is -1.58. The predicted octanol–water partition coefficient (Wildman–Crippen LogP) is 1.54. The van der Waals surface area contributed by atoms with Crippen LogP contribution in [0, 0.1) is 0 Å². The number of anilines is 1. The van der Waals surface area contributed by atoms with Crippen LogP contribution in [0.5, 0.6) is 0 Å². The summed E-state index contributed by atoms with van der Waals surface area (Å²) in [4.78, 5) is 14.8. The van der Waals surface area contributed by atoms with Gasteiger partial charge in [-0.2, -0.15) is 0 Å². The Morgan fingerprint density at radius 3 is 2.87 bits per heavy atom. The molecule has 1 aliphatic carbocycles. The Balaban J connectivity index is 2.07. The first-order valence-corrected chi connectivity index (χ1v) is 5.28. The molecule has 0 spiro atoms. The highest BCUT2D eigenvalue weighted by molar-refractivity contribution is 5.91. The number of nitrogens with two attached hydrogens (primary N) is 1. The lowest BCUT2D eigenvalue weighted by atomic mass is 10.2. The van der Waals surface area contributed by atoms with Crippen LogP contribution in [0.25, 0.3) is 0 Å². The smallest absolute Gasteiger partial charge is 0.267 e. The van der Waals surface area contributed by atoms with Crippen LogP contribution >= 0.6 is 0 Å². The van der Waals surface area contributed by atoms with E-state index in [4.69, 9.17) is 5.73 Å². The minimum atomic E-state index is -0.481. The van der Waals surface area contributed by atoms with Gasteiger partial charge in [-0.1, -0.05) is 12.8 Å². The van der Waals surface area contributed by atoms with Gasteiger partial charge in [0.2, 0.25) is 0 Å². The van der Waals surface area contributed by atoms with E-state index >= 15 is 0 Å². The summed E-state index contributed by atoms with van der Waals surface area (Å²) in [5, 5.41) is 3.39. The maximum atomic E-state index is 10.9. The molecule has 1 aromatic heterocycles. The van der Waals surface area contributed by atoms with E-state index < -0.39 is 5.91 Å². The first-order chi connectivity index (χ1) is 7.25. The number of hydrogen-bond acceptors (Lipinski definition) is 3. The molecule has 1 fully saturated rings. The third-order valence-electron chi connectivity index (χ3n) is 2.74. The molecule has 0 aromatic carbocycles. The molecule has 1 aliphatic rings. The molecule has 15 heavy (non-hydrogen) atoms. The van der Waals surface area contributed by atoms with Crippen molar-refractivity contribution in [3.63, 3.8) is 0 Å². The average molecular weight is 205 g/mol. The van der Waals surface area contributed by atoms with E-state index in [0.717, 1.165) is 5.69 Å². The number of carbonyl (C=O) groups excluding carboxylic acids is 1. The first kappa shape index (κ1) is 9.96. The monoisotopic (exact) mass is 205 g/mol. The number of rotatable bonds is 3. The van der Waals surface area contributed by atoms with Gasteiger partial charge in [-0.15, -0.1) is 0 Å². The Bertz CT molecular complexity index is 359. The highest BCUT2D eigenvalue weighted by atomic mass is 16.1. The lowest BCUT2D eigenvalue weighted by molar-refractivity contribution is 0.0995. The number of aromatic nitrogens is 1. The van der Waals surface area contributed by atoms with E-state index in [9.17, 15) is 4.79 Å². The van der Waals surface area contributed by atoms with Gasteiger partial charge < -0.3 is 11.1 Å². The van der Waals surface area contributed by atoms with Crippen molar-refractivity contribution in [3.8, 4) is 0 Å². The van der Waals surface area contributed by atoms with Crippen molar-refractivity contribution in [2.45, 2.75) is 31.7 Å². The molecule has 1 heterocycles. The van der Waals surface area contributed by atoms with Crippen LogP contribution in [0.2, 0.25) is 0 Å². The van der Waals surface area contributed by atoms with Crippen LogP contribution in [0.1, 0.15) is 36.2 Å². The van der Waals surface area contributed by atoms with Gasteiger partial charge in [-0.05, 0) is 25.0 Å². The summed E-state index contributed by atoms with van der Waals surface area (Å²) in [5.41, 5.74) is 6.42. The molecule has 80 valence electrons. The van der Waals surface area contributed by atoms with Crippen molar-refractivity contribution < 1.29 is 4.79 Å². The largest absolute Gasteiger partial charge is 0.382 e. The number of carbonyl (C=O) groups is 1. The van der Waals surface area contributed by atoms with Gasteiger partial charge in [0.05, 0.1) is 0 Å². The average Bonchev–Trinajstić information content (AvgIpc) is 2.71. The molecule has 2 rings (SSSR count). The second-order valence-electron chi connectivity index (χ2n) is 3.92. The number of hydrogen-bond donors (Lipinski definition) is 2. The van der Waals surface area contributed by atoms with Gasteiger partial charge >= 0.3 is 0 Å². The second-order valence-corrected chi connectivity index (χ2v) is 3.92. The van der Waals surface area contributed by atoms with Gasteiger partial charge in [0, 0.05) is 17.9 Å². The zero-order valence-corrected chi connectivity index (χ0v) is 8.57. The number of nitrogens with zero attached hydrogens (tertiary/aromatic N) is 1. The Morgan fingerprint density at radius 1 is 1.47 bits per heavy atom. The molecule has 1 saturated carbocycles. The van der Waals surface area contributed by atoms with Crippen molar-refractivity contribution in [1.29, 1.82) is 0 Å². The molecule has 1 amide bonds. The maximum Gasteiger partial charge on any atom is 0.267 e. The van der Waals surface area contributed by atoms with Crippen LogP contribution in [0.4, 0.5) is 5.69 Å². The Kier molecular flexibility index (Phi) is 2.85. The van der Waals surface area contributed by atoms with E-state index in [1.54, 1.807) is 12.3 Å². The van der Waals surface area contributed by atoms with E-state index in [-0.39, 0.29) is 0 Å². The standard InChI is InChI=1S/C11H15N3O/c12-11(15)10-7-9(5-6-13-10)14-8-3-1-2-4-8/h5-8H,1-4H2,(H2,12,15)(H,13,14). The van der Waals surface area contributed by atoms with Crippen molar-refractivity contribution in [2.24, 2.45) is 5.73 Å². The van der Waals surface area contributed by atoms with Gasteiger partial charge in [-0.3, -0.25) is 9.78 Å². The van der Waals surface area contributed by atoms with Crippen LogP contribution in [0.3, 0.4) is 0 Å². The lowest BCUT2D eigenvalue weighted by Crippen LogP contribution is -2.17. The minimum absolute atomic E-state index is 0.318. The van der Waals surface area contributed by atoms with Crippen molar-refractivity contribution in [3.05, 3.63) is 24.0 Å². The number of nitrogens with one attached hydrogen (secondary N) is 1. The molecule has 0 bridgehead atoms. The summed E-state index contributed by atoms with van der Waals surface area (Å²) < 4.78 is 0. The molecule has 0 unspecified atom stereocenters. The molecule has 0 radical (unpaired) electrons. The van der Waals surface area contributed by atoms with E-state index in [1.165, 1.54) is 25.7 Å². The molecule has 0 atom stereocenters. The molecule has 0 aliphatic heterocycles. The van der Waals surface area contributed by atoms with Gasteiger partial charge in [0.1, 0.15) is 5.69 Å². The highest BCUT2D eigenvalue weighted by Gasteiger charge is 2.14. The Labute approximate surface area is 88.9 Å². The zero-order chi connectivity index (χ0) is 10.7. The topological polar surface area (TPSA) is 68.0 Å². The van der Waals surface area contributed by atoms with Crippen molar-refractivity contribution in [1.82, 2.24) is 4.98 Å². The summed E-state index contributed by atoms with van der Waals surface area (Å²) >= 11 is 0. The fraction of sp³-hybridized carbons (Fsp3) is 0.455. The van der Waals surface area contributed by atoms with Crippen LogP contribution in [0.15, 0.2) is 18.3 Å². The van der Waals surface area contributed by atoms with Crippen LogP contribution in [-0.2, 0) is 0 Å². The van der Waals surface area contributed by atoms with E-state index in [2.05, 4.69) is 10.3 Å². The normalized spacial score (nSPS) is 16.5. The van der Waals surface area contributed by atoms with Gasteiger partial charge in [0.25, 0.3) is 5.91 Å². The summed E-state index contributed by atoms with van der Waals surface area (Å²) in [6, 6.07) is 4.11. The fourth-order valence-corrected chi connectivity index (χ4v) is 1.96. The molecule has 4 heteroatoms. The minimum Gasteiger partial charge on any atom is -0.382 e. The first-order valence-electron chi connectivity index (χ1n) is 5.28. The van der Waals surface area contributed by atoms with Crippen molar-refractivity contribution in [2.75, 3.05) is 5.32 Å². The molecule has 3 N–H and O–H groups in total. The summed E-state index contributed by atoms with van der Waals surface area (Å²) in [7, 11) is 0. The maximum absolute atomic E-state index is 10.9. The van der Waals surface area contributed by atoms with Crippen LogP contribution < -0.4 is 11.1 Å². The second kappa shape index (κ2) is 4.29. The fourth-order valence-electron chi connectivity index (χ4n) is 1.96. The van der Waals surface area contributed by atoms with Gasteiger partial charge in [0.15, 0.2) is 0 Å². The number of primary amides is 1. The molecular weight excluding hydrogens is 190 g/mol. The number of amides is 1. The highest BCUT2D eigenvalue weighted by Crippen LogP contribution is 2.22. The SMILES string of the molecule is NC(=O)c1cc(NC2CCCC2)ccn1.